The molecule has 1 aromatic rings. The van der Waals surface area contributed by atoms with Gasteiger partial charge in [0.05, 0.1) is 11.4 Å². The van der Waals surface area contributed by atoms with Crippen molar-refractivity contribution in [3.63, 3.8) is 0 Å². The summed E-state index contributed by atoms with van der Waals surface area (Å²) in [5.41, 5.74) is 6.16. The summed E-state index contributed by atoms with van der Waals surface area (Å²) >= 11 is 6.27. The van der Waals surface area contributed by atoms with Crippen LogP contribution in [0.5, 0.6) is 0 Å². The van der Waals surface area contributed by atoms with E-state index in [4.69, 9.17) is 5.73 Å². The molecule has 1 rings (SSSR count). The first kappa shape index (κ1) is 17.6. The molecule has 20 heavy (non-hydrogen) atoms. The minimum atomic E-state index is -4.36. The SMILES string of the molecule is Nc1cc(Br)c(NS(=O)(=O)CCCC(F)(F)F)c(Br)c1. The summed E-state index contributed by atoms with van der Waals surface area (Å²) in [5.74, 6) is -0.615. The molecule has 4 nitrogen and oxygen atoms in total. The van der Waals surface area contributed by atoms with Crippen LogP contribution in [0.3, 0.4) is 0 Å². The third-order valence-electron chi connectivity index (χ3n) is 2.20. The Bertz CT molecular complexity index is 568. The monoisotopic (exact) mass is 438 g/mol. The molecule has 0 heterocycles. The van der Waals surface area contributed by atoms with Crippen LogP contribution in [0.4, 0.5) is 24.5 Å². The van der Waals surface area contributed by atoms with E-state index in [9.17, 15) is 21.6 Å². The van der Waals surface area contributed by atoms with Gasteiger partial charge in [-0.1, -0.05) is 0 Å². The predicted octanol–water partition coefficient (Wildman–Crippen LogP) is 3.88. The first-order valence-electron chi connectivity index (χ1n) is 5.32. The van der Waals surface area contributed by atoms with Crippen LogP contribution in [0.25, 0.3) is 0 Å². The zero-order valence-electron chi connectivity index (χ0n) is 9.97. The van der Waals surface area contributed by atoms with Crippen molar-refractivity contribution in [2.75, 3.05) is 16.2 Å². The van der Waals surface area contributed by atoms with E-state index in [-0.39, 0.29) is 5.69 Å². The van der Waals surface area contributed by atoms with Gasteiger partial charge < -0.3 is 5.73 Å². The van der Waals surface area contributed by atoms with Crippen LogP contribution in [0.15, 0.2) is 21.1 Å². The number of nitrogens with two attached hydrogens (primary N) is 1. The lowest BCUT2D eigenvalue weighted by atomic mass is 10.3. The molecule has 0 aliphatic rings. The van der Waals surface area contributed by atoms with Gasteiger partial charge in [0, 0.05) is 21.1 Å². The molecular weight excluding hydrogens is 429 g/mol. The van der Waals surface area contributed by atoms with Crippen molar-refractivity contribution in [3.05, 3.63) is 21.1 Å². The fourth-order valence-electron chi connectivity index (χ4n) is 1.36. The largest absolute Gasteiger partial charge is 0.399 e. The zero-order chi connectivity index (χ0) is 15.6. The second-order valence-electron chi connectivity index (χ2n) is 4.00. The van der Waals surface area contributed by atoms with Crippen LogP contribution in [-0.4, -0.2) is 20.3 Å². The summed E-state index contributed by atoms with van der Waals surface area (Å²) in [6.07, 6.45) is -6.00. The highest BCUT2D eigenvalue weighted by Crippen LogP contribution is 2.34. The smallest absolute Gasteiger partial charge is 0.389 e. The van der Waals surface area contributed by atoms with E-state index in [0.717, 1.165) is 0 Å². The molecule has 0 fully saturated rings. The summed E-state index contributed by atoms with van der Waals surface area (Å²) < 4.78 is 62.4. The molecular formula is C10H11Br2F3N2O2S. The first-order chi connectivity index (χ1) is 9.00. The molecule has 0 saturated heterocycles. The van der Waals surface area contributed by atoms with Crippen LogP contribution in [0, 0.1) is 0 Å². The van der Waals surface area contributed by atoms with E-state index < -0.39 is 34.8 Å². The number of hydrogen-bond acceptors (Lipinski definition) is 3. The first-order valence-corrected chi connectivity index (χ1v) is 8.56. The predicted molar refractivity (Wildman–Crippen MR) is 79.0 cm³/mol. The molecule has 0 radical (unpaired) electrons. The minimum Gasteiger partial charge on any atom is -0.399 e. The maximum Gasteiger partial charge on any atom is 0.389 e. The molecule has 0 aliphatic heterocycles. The molecule has 0 atom stereocenters. The average Bonchev–Trinajstić information content (AvgIpc) is 2.21. The Morgan fingerprint density at radius 3 is 2.15 bits per heavy atom. The molecule has 10 heteroatoms. The lowest BCUT2D eigenvalue weighted by Crippen LogP contribution is -2.19. The maximum atomic E-state index is 12.0. The van der Waals surface area contributed by atoms with Crippen molar-refractivity contribution >= 4 is 53.3 Å². The molecule has 0 unspecified atom stereocenters. The fourth-order valence-corrected chi connectivity index (χ4v) is 4.20. The third kappa shape index (κ3) is 5.88. The van der Waals surface area contributed by atoms with Gasteiger partial charge in [-0.3, -0.25) is 4.72 Å². The Balaban J connectivity index is 2.77. The number of benzene rings is 1. The second-order valence-corrected chi connectivity index (χ2v) is 7.55. The number of nitrogen functional groups attached to an aromatic ring is 1. The van der Waals surface area contributed by atoms with Gasteiger partial charge in [-0.05, 0) is 50.4 Å². The summed E-state index contributed by atoms with van der Waals surface area (Å²) in [4.78, 5) is 0. The molecule has 0 amide bonds. The normalized spacial score (nSPS) is 12.4. The van der Waals surface area contributed by atoms with Crippen molar-refractivity contribution in [3.8, 4) is 0 Å². The van der Waals surface area contributed by atoms with Gasteiger partial charge in [-0.25, -0.2) is 8.42 Å². The molecule has 0 spiro atoms. The Morgan fingerprint density at radius 1 is 1.20 bits per heavy atom. The highest BCUT2D eigenvalue weighted by Gasteiger charge is 2.27. The van der Waals surface area contributed by atoms with Crippen LogP contribution in [-0.2, 0) is 10.0 Å². The van der Waals surface area contributed by atoms with Gasteiger partial charge in [-0.2, -0.15) is 13.2 Å². The number of sulfonamides is 1. The standard InChI is InChI=1S/C10H11Br2F3N2O2S/c11-7-4-6(16)5-8(12)9(7)17-20(18,19)3-1-2-10(13,14)15/h4-5,17H,1-3,16H2. The Kier molecular flexibility index (Phi) is 5.73. The molecule has 3 N–H and O–H groups in total. The van der Waals surface area contributed by atoms with E-state index in [1.807, 2.05) is 0 Å². The molecule has 114 valence electrons. The Labute approximate surface area is 131 Å². The van der Waals surface area contributed by atoms with Crippen LogP contribution in [0.2, 0.25) is 0 Å². The van der Waals surface area contributed by atoms with Crippen molar-refractivity contribution in [1.82, 2.24) is 0 Å². The van der Waals surface area contributed by atoms with Crippen LogP contribution >= 0.6 is 31.9 Å². The number of alkyl halides is 3. The third-order valence-corrected chi connectivity index (χ3v) is 4.79. The highest BCUT2D eigenvalue weighted by atomic mass is 79.9. The van der Waals surface area contributed by atoms with E-state index >= 15 is 0 Å². The summed E-state index contributed by atoms with van der Waals surface area (Å²) in [7, 11) is -3.87. The quantitative estimate of drug-likeness (QED) is 0.684. The summed E-state index contributed by atoms with van der Waals surface area (Å²) in [5, 5.41) is 0. The van der Waals surface area contributed by atoms with Gasteiger partial charge in [-0.15, -0.1) is 0 Å². The van der Waals surface area contributed by atoms with Gasteiger partial charge >= 0.3 is 6.18 Å². The topological polar surface area (TPSA) is 72.2 Å². The minimum absolute atomic E-state index is 0.200. The molecule has 0 aliphatic carbocycles. The van der Waals surface area contributed by atoms with E-state index in [2.05, 4.69) is 36.6 Å². The summed E-state index contributed by atoms with van der Waals surface area (Å²) in [6.45, 7) is 0. The van der Waals surface area contributed by atoms with Gasteiger partial charge in [0.25, 0.3) is 0 Å². The van der Waals surface area contributed by atoms with Gasteiger partial charge in [0.2, 0.25) is 10.0 Å². The van der Waals surface area contributed by atoms with E-state index in [1.165, 1.54) is 12.1 Å². The van der Waals surface area contributed by atoms with E-state index in [1.54, 1.807) is 0 Å². The van der Waals surface area contributed by atoms with Crippen LogP contribution in [0.1, 0.15) is 12.8 Å². The van der Waals surface area contributed by atoms with Crippen molar-refractivity contribution in [2.24, 2.45) is 0 Å². The molecule has 0 aromatic heterocycles. The van der Waals surface area contributed by atoms with E-state index in [0.29, 0.717) is 14.6 Å². The fraction of sp³-hybridized carbons (Fsp3) is 0.400. The zero-order valence-corrected chi connectivity index (χ0v) is 14.0. The van der Waals surface area contributed by atoms with Crippen molar-refractivity contribution in [1.29, 1.82) is 0 Å². The molecule has 0 saturated carbocycles. The second kappa shape index (κ2) is 6.52. The number of anilines is 2. The van der Waals surface area contributed by atoms with Gasteiger partial charge in [0.15, 0.2) is 0 Å². The maximum absolute atomic E-state index is 12.0. The number of halogens is 5. The number of rotatable bonds is 5. The molecule has 1 aromatic carbocycles. The van der Waals surface area contributed by atoms with Crippen LogP contribution < -0.4 is 10.5 Å². The number of hydrogen-bond donors (Lipinski definition) is 2. The van der Waals surface area contributed by atoms with Gasteiger partial charge in [0.1, 0.15) is 0 Å². The lowest BCUT2D eigenvalue weighted by molar-refractivity contribution is -0.134. The van der Waals surface area contributed by atoms with Crippen molar-refractivity contribution < 1.29 is 21.6 Å². The Morgan fingerprint density at radius 2 is 1.70 bits per heavy atom. The number of nitrogens with one attached hydrogen (secondary N) is 1. The Hall–Kier alpha value is -0.480. The summed E-state index contributed by atoms with van der Waals surface area (Å²) in [6, 6.07) is 2.97. The highest BCUT2D eigenvalue weighted by molar-refractivity contribution is 9.11. The average molecular weight is 440 g/mol. The molecule has 0 bridgehead atoms. The van der Waals surface area contributed by atoms with Crippen molar-refractivity contribution in [2.45, 2.75) is 19.0 Å². The lowest BCUT2D eigenvalue weighted by Gasteiger charge is -2.12.